The molecular weight excluding hydrogens is 575 g/mol. The lowest BCUT2D eigenvalue weighted by molar-refractivity contribution is -0.138. The molecule has 3 aromatic rings. The van der Waals surface area contributed by atoms with Crippen molar-refractivity contribution in [2.75, 3.05) is 12.4 Å². The molecule has 0 aliphatic rings. The molecule has 5 N–H and O–H groups in total. The van der Waals surface area contributed by atoms with Crippen molar-refractivity contribution in [3.05, 3.63) is 81.9 Å². The van der Waals surface area contributed by atoms with Crippen LogP contribution in [0.25, 0.3) is 0 Å². The number of carbonyl (C=O) groups excluding carboxylic acids is 1. The molecule has 1 amide bonds. The Hall–Kier alpha value is -3.91. The minimum absolute atomic E-state index is 0.0367. The van der Waals surface area contributed by atoms with E-state index in [-0.39, 0.29) is 34.0 Å². The highest BCUT2D eigenvalue weighted by molar-refractivity contribution is 7.91. The summed E-state index contributed by atoms with van der Waals surface area (Å²) >= 11 is 0. The van der Waals surface area contributed by atoms with Gasteiger partial charge in [0.05, 0.1) is 28.9 Å². The Balaban J connectivity index is 2.01. The average Bonchev–Trinajstić information content (AvgIpc) is 3.27. The number of aliphatic hydroxyl groups excluding tert-OH is 1. The Kier molecular flexibility index (Phi) is 9.42. The zero-order chi connectivity index (χ0) is 31.6. The number of nitrogens with zero attached hydrogens (tertiary/aromatic N) is 3. The van der Waals surface area contributed by atoms with E-state index in [1.165, 1.54) is 47.9 Å². The molecule has 0 unspecified atom stereocenters. The topological polar surface area (TPSA) is 160 Å². The molecule has 0 saturated carbocycles. The van der Waals surface area contributed by atoms with Crippen LogP contribution < -0.4 is 11.1 Å². The Bertz CT molecular complexity index is 1590. The number of sulfone groups is 1. The average molecular weight is 610 g/mol. The standard InChI is InChI=1S/C28H34F3N5O5S/c1-6-42(40,41)20-11-9-17(10-12-20)22(15-37)33-25(38)23-16(2)36(26(34-23)27(3,4)5)14-19-8-7-18(24(32)35-39)13-21(19)28(29,30)31/h7-13,22,37,39H,6,14-15H2,1-5H3,(H2,32,35)(H,33,38)/t22-/m1/s1. The van der Waals surface area contributed by atoms with Gasteiger partial charge in [0.1, 0.15) is 11.5 Å². The number of amidine groups is 1. The van der Waals surface area contributed by atoms with Gasteiger partial charge in [-0.1, -0.05) is 57.1 Å². The second-order valence-electron chi connectivity index (χ2n) is 10.7. The molecule has 0 saturated heterocycles. The van der Waals surface area contributed by atoms with Crippen molar-refractivity contribution in [3.8, 4) is 0 Å². The fourth-order valence-corrected chi connectivity index (χ4v) is 5.30. The number of carbonyl (C=O) groups is 1. The molecule has 228 valence electrons. The maximum atomic E-state index is 14.0. The number of nitrogens with two attached hydrogens (primary N) is 1. The second-order valence-corrected chi connectivity index (χ2v) is 13.0. The molecule has 0 fully saturated rings. The summed E-state index contributed by atoms with van der Waals surface area (Å²) in [6.45, 7) is 7.73. The van der Waals surface area contributed by atoms with Crippen LogP contribution in [0, 0.1) is 6.92 Å². The highest BCUT2D eigenvalue weighted by Crippen LogP contribution is 2.34. The maximum absolute atomic E-state index is 14.0. The first-order valence-corrected chi connectivity index (χ1v) is 14.6. The highest BCUT2D eigenvalue weighted by atomic mass is 32.2. The molecule has 42 heavy (non-hydrogen) atoms. The number of aromatic nitrogens is 2. The zero-order valence-electron chi connectivity index (χ0n) is 23.8. The van der Waals surface area contributed by atoms with Crippen LogP contribution in [0.2, 0.25) is 0 Å². The fraction of sp³-hybridized carbons (Fsp3) is 0.393. The molecule has 3 rings (SSSR count). The van der Waals surface area contributed by atoms with E-state index in [1.807, 2.05) is 20.8 Å². The van der Waals surface area contributed by atoms with Gasteiger partial charge in [-0.15, -0.1) is 0 Å². The molecule has 0 bridgehead atoms. The van der Waals surface area contributed by atoms with E-state index in [2.05, 4.69) is 15.5 Å². The van der Waals surface area contributed by atoms with Gasteiger partial charge in [-0.2, -0.15) is 13.2 Å². The maximum Gasteiger partial charge on any atom is 0.416 e. The number of halogens is 3. The third-order valence-electron chi connectivity index (χ3n) is 6.76. The lowest BCUT2D eigenvalue weighted by Crippen LogP contribution is -2.31. The molecule has 1 atom stereocenters. The molecule has 0 aliphatic carbocycles. The second kappa shape index (κ2) is 12.1. The Morgan fingerprint density at radius 3 is 2.26 bits per heavy atom. The van der Waals surface area contributed by atoms with Crippen molar-refractivity contribution in [1.29, 1.82) is 0 Å². The summed E-state index contributed by atoms with van der Waals surface area (Å²) in [6.07, 6.45) is -4.75. The summed E-state index contributed by atoms with van der Waals surface area (Å²) in [5.74, 6) is -0.863. The Labute approximate surface area is 242 Å². The third-order valence-corrected chi connectivity index (χ3v) is 8.51. The quantitative estimate of drug-likeness (QED) is 0.124. The molecule has 0 spiro atoms. The number of alkyl halides is 3. The SMILES string of the molecule is CCS(=O)(=O)c1ccc([C@@H](CO)NC(=O)c2nc(C(C)(C)C)n(Cc3ccc(C(N)=NO)cc3C(F)(F)F)c2C)cc1. The molecule has 1 heterocycles. The van der Waals surface area contributed by atoms with E-state index < -0.39 is 51.4 Å². The molecule has 2 aromatic carbocycles. The Morgan fingerprint density at radius 1 is 1.14 bits per heavy atom. The van der Waals surface area contributed by atoms with Crippen LogP contribution in [-0.4, -0.2) is 52.4 Å². The minimum Gasteiger partial charge on any atom is -0.409 e. The first-order valence-electron chi connectivity index (χ1n) is 12.9. The van der Waals surface area contributed by atoms with Crippen LogP contribution in [0.3, 0.4) is 0 Å². The Morgan fingerprint density at radius 2 is 1.76 bits per heavy atom. The van der Waals surface area contributed by atoms with Gasteiger partial charge in [-0.3, -0.25) is 4.79 Å². The van der Waals surface area contributed by atoms with Crippen molar-refractivity contribution < 1.29 is 36.7 Å². The van der Waals surface area contributed by atoms with Gasteiger partial charge in [-0.05, 0) is 36.2 Å². The van der Waals surface area contributed by atoms with Crippen LogP contribution in [0.5, 0.6) is 0 Å². The van der Waals surface area contributed by atoms with Gasteiger partial charge in [-0.25, -0.2) is 13.4 Å². The van der Waals surface area contributed by atoms with E-state index in [4.69, 9.17) is 10.9 Å². The van der Waals surface area contributed by atoms with Crippen LogP contribution in [0.15, 0.2) is 52.5 Å². The van der Waals surface area contributed by atoms with Crippen LogP contribution in [0.4, 0.5) is 13.2 Å². The minimum atomic E-state index is -4.75. The van der Waals surface area contributed by atoms with Crippen LogP contribution in [0.1, 0.15) is 78.0 Å². The van der Waals surface area contributed by atoms with E-state index in [0.29, 0.717) is 17.1 Å². The van der Waals surface area contributed by atoms with Crippen LogP contribution >= 0.6 is 0 Å². The fourth-order valence-electron chi connectivity index (χ4n) is 4.42. The van der Waals surface area contributed by atoms with Crippen molar-refractivity contribution >= 4 is 21.6 Å². The highest BCUT2D eigenvalue weighted by Gasteiger charge is 2.35. The summed E-state index contributed by atoms with van der Waals surface area (Å²) in [5.41, 5.74) is 4.33. The van der Waals surface area contributed by atoms with Gasteiger partial charge in [0.15, 0.2) is 15.7 Å². The molecular formula is C28H34F3N5O5S. The molecule has 0 radical (unpaired) electrons. The van der Waals surface area contributed by atoms with Crippen molar-refractivity contribution in [3.63, 3.8) is 0 Å². The number of aliphatic hydroxyl groups is 1. The van der Waals surface area contributed by atoms with Gasteiger partial charge < -0.3 is 25.9 Å². The summed E-state index contributed by atoms with van der Waals surface area (Å²) < 4.78 is 67.9. The number of oxime groups is 1. The number of imidazole rings is 1. The lowest BCUT2D eigenvalue weighted by atomic mass is 9.95. The molecule has 14 heteroatoms. The monoisotopic (exact) mass is 609 g/mol. The van der Waals surface area contributed by atoms with E-state index in [9.17, 15) is 31.5 Å². The first kappa shape index (κ1) is 32.6. The number of hydrogen-bond donors (Lipinski definition) is 4. The normalized spacial score (nSPS) is 13.7. The lowest BCUT2D eigenvalue weighted by Gasteiger charge is -2.22. The summed E-state index contributed by atoms with van der Waals surface area (Å²) in [5, 5.41) is 24.4. The van der Waals surface area contributed by atoms with Crippen LogP contribution in [-0.2, 0) is 28.0 Å². The third kappa shape index (κ3) is 6.93. The first-order chi connectivity index (χ1) is 19.4. The predicted octanol–water partition coefficient (Wildman–Crippen LogP) is 3.91. The smallest absolute Gasteiger partial charge is 0.409 e. The van der Waals surface area contributed by atoms with Gasteiger partial charge in [0, 0.05) is 23.2 Å². The molecule has 10 nitrogen and oxygen atoms in total. The largest absolute Gasteiger partial charge is 0.416 e. The summed E-state index contributed by atoms with van der Waals surface area (Å²) in [6, 6.07) is 8.20. The number of rotatable bonds is 9. The number of benzene rings is 2. The van der Waals surface area contributed by atoms with E-state index in [0.717, 1.165) is 6.07 Å². The molecule has 1 aromatic heterocycles. The van der Waals surface area contributed by atoms with Gasteiger partial charge in [0.2, 0.25) is 0 Å². The zero-order valence-corrected chi connectivity index (χ0v) is 24.6. The summed E-state index contributed by atoms with van der Waals surface area (Å²) in [4.78, 5) is 18.0. The van der Waals surface area contributed by atoms with Gasteiger partial charge in [0.25, 0.3) is 5.91 Å². The van der Waals surface area contributed by atoms with E-state index in [1.54, 1.807) is 6.92 Å². The number of nitrogens with one attached hydrogen (secondary N) is 1. The van der Waals surface area contributed by atoms with Crippen molar-refractivity contribution in [2.24, 2.45) is 10.9 Å². The predicted molar refractivity (Wildman–Crippen MR) is 150 cm³/mol. The van der Waals surface area contributed by atoms with Crippen molar-refractivity contribution in [1.82, 2.24) is 14.9 Å². The van der Waals surface area contributed by atoms with Gasteiger partial charge >= 0.3 is 6.18 Å². The molecule has 0 aliphatic heterocycles. The number of amides is 1. The summed E-state index contributed by atoms with van der Waals surface area (Å²) in [7, 11) is -3.44. The van der Waals surface area contributed by atoms with E-state index >= 15 is 0 Å². The van der Waals surface area contributed by atoms with Crippen molar-refractivity contribution in [2.45, 2.75) is 63.7 Å². The number of hydrogen-bond acceptors (Lipinski definition) is 7.